The Morgan fingerprint density at radius 3 is 2.50 bits per heavy atom. The second-order valence-corrected chi connectivity index (χ2v) is 5.58. The summed E-state index contributed by atoms with van der Waals surface area (Å²) in [5, 5.41) is 12.5. The summed E-state index contributed by atoms with van der Waals surface area (Å²) in [7, 11) is 0. The Kier molecular flexibility index (Phi) is 5.45. The second kappa shape index (κ2) is 7.10. The monoisotopic (exact) mass is 254 g/mol. The van der Waals surface area contributed by atoms with Crippen molar-refractivity contribution in [3.8, 4) is 0 Å². The van der Waals surface area contributed by atoms with Crippen LogP contribution in [0.25, 0.3) is 0 Å². The molecule has 4 heteroatoms. The first-order valence-corrected chi connectivity index (χ1v) is 7.45. The molecule has 2 fully saturated rings. The summed E-state index contributed by atoms with van der Waals surface area (Å²) in [4.78, 5) is 14.1. The zero-order chi connectivity index (χ0) is 12.8. The third-order valence-electron chi connectivity index (χ3n) is 4.03. The van der Waals surface area contributed by atoms with Crippen LogP contribution in [0.2, 0.25) is 0 Å². The number of aliphatic hydroxyl groups is 1. The van der Waals surface area contributed by atoms with E-state index in [1.54, 1.807) is 0 Å². The largest absolute Gasteiger partial charge is 0.395 e. The van der Waals surface area contributed by atoms with Crippen molar-refractivity contribution in [1.29, 1.82) is 0 Å². The van der Waals surface area contributed by atoms with Crippen molar-refractivity contribution in [1.82, 2.24) is 10.2 Å². The second-order valence-electron chi connectivity index (χ2n) is 5.58. The first-order valence-electron chi connectivity index (χ1n) is 7.45. The van der Waals surface area contributed by atoms with E-state index >= 15 is 0 Å². The van der Waals surface area contributed by atoms with Gasteiger partial charge in [-0.05, 0) is 25.7 Å². The molecule has 0 bridgehead atoms. The van der Waals surface area contributed by atoms with Crippen LogP contribution in [0.1, 0.15) is 51.4 Å². The van der Waals surface area contributed by atoms with E-state index in [0.717, 1.165) is 19.4 Å². The van der Waals surface area contributed by atoms with Gasteiger partial charge in [0.25, 0.3) is 0 Å². The Bertz CT molecular complexity index is 261. The van der Waals surface area contributed by atoms with Gasteiger partial charge in [0.05, 0.1) is 6.61 Å². The van der Waals surface area contributed by atoms with Crippen molar-refractivity contribution in [2.45, 2.75) is 63.5 Å². The molecular weight excluding hydrogens is 228 g/mol. The number of aliphatic hydroxyl groups excluding tert-OH is 1. The van der Waals surface area contributed by atoms with Crippen molar-refractivity contribution in [3.05, 3.63) is 0 Å². The molecule has 0 atom stereocenters. The number of rotatable bonds is 7. The Hall–Kier alpha value is -0.610. The number of nitrogens with zero attached hydrogens (tertiary/aromatic N) is 1. The molecule has 0 heterocycles. The van der Waals surface area contributed by atoms with Crippen LogP contribution in [0, 0.1) is 0 Å². The number of nitrogens with one attached hydrogen (secondary N) is 1. The fourth-order valence-corrected chi connectivity index (χ4v) is 2.83. The third-order valence-corrected chi connectivity index (χ3v) is 4.03. The lowest BCUT2D eigenvalue weighted by Gasteiger charge is -2.34. The smallest absolute Gasteiger partial charge is 0.224 e. The van der Waals surface area contributed by atoms with Gasteiger partial charge < -0.3 is 15.3 Å². The summed E-state index contributed by atoms with van der Waals surface area (Å²) in [5.41, 5.74) is 0. The molecule has 2 aliphatic carbocycles. The molecule has 0 aromatic heterocycles. The Morgan fingerprint density at radius 2 is 1.89 bits per heavy atom. The van der Waals surface area contributed by atoms with Gasteiger partial charge in [0.2, 0.25) is 5.91 Å². The van der Waals surface area contributed by atoms with E-state index in [2.05, 4.69) is 5.32 Å². The van der Waals surface area contributed by atoms with Crippen LogP contribution < -0.4 is 5.32 Å². The van der Waals surface area contributed by atoms with Gasteiger partial charge in [0, 0.05) is 31.6 Å². The van der Waals surface area contributed by atoms with Crippen molar-refractivity contribution in [2.75, 3.05) is 19.7 Å². The van der Waals surface area contributed by atoms with E-state index < -0.39 is 0 Å². The van der Waals surface area contributed by atoms with Gasteiger partial charge in [0.1, 0.15) is 0 Å². The molecule has 0 aromatic rings. The number of carbonyl (C=O) groups excluding carboxylic acids is 1. The fraction of sp³-hybridized carbons (Fsp3) is 0.929. The topological polar surface area (TPSA) is 52.6 Å². The maximum atomic E-state index is 12.2. The molecule has 4 nitrogen and oxygen atoms in total. The lowest BCUT2D eigenvalue weighted by atomic mass is 9.94. The predicted molar refractivity (Wildman–Crippen MR) is 71.3 cm³/mol. The summed E-state index contributed by atoms with van der Waals surface area (Å²) >= 11 is 0. The summed E-state index contributed by atoms with van der Waals surface area (Å²) < 4.78 is 0. The van der Waals surface area contributed by atoms with Gasteiger partial charge in [0.15, 0.2) is 0 Å². The number of hydrogen-bond donors (Lipinski definition) is 2. The highest BCUT2D eigenvalue weighted by Gasteiger charge is 2.25. The Morgan fingerprint density at radius 1 is 1.17 bits per heavy atom. The minimum Gasteiger partial charge on any atom is -0.395 e. The van der Waals surface area contributed by atoms with Crippen molar-refractivity contribution in [3.63, 3.8) is 0 Å². The normalized spacial score (nSPS) is 20.9. The molecule has 0 radical (unpaired) electrons. The zero-order valence-corrected chi connectivity index (χ0v) is 11.2. The molecule has 2 aliphatic rings. The van der Waals surface area contributed by atoms with E-state index in [9.17, 15) is 4.79 Å². The highest BCUT2D eigenvalue weighted by atomic mass is 16.3. The maximum absolute atomic E-state index is 12.2. The quantitative estimate of drug-likeness (QED) is 0.719. The van der Waals surface area contributed by atoms with E-state index in [4.69, 9.17) is 5.11 Å². The molecule has 18 heavy (non-hydrogen) atoms. The molecule has 2 saturated carbocycles. The van der Waals surface area contributed by atoms with E-state index in [0.29, 0.717) is 25.0 Å². The number of carbonyl (C=O) groups is 1. The first-order chi connectivity index (χ1) is 8.81. The van der Waals surface area contributed by atoms with E-state index in [1.807, 2.05) is 4.90 Å². The number of hydrogen-bond acceptors (Lipinski definition) is 3. The lowest BCUT2D eigenvalue weighted by Crippen LogP contribution is -2.44. The molecule has 0 unspecified atom stereocenters. The van der Waals surface area contributed by atoms with Crippen LogP contribution in [0.4, 0.5) is 0 Å². The number of amides is 1. The highest BCUT2D eigenvalue weighted by molar-refractivity contribution is 5.76. The van der Waals surface area contributed by atoms with E-state index in [-0.39, 0.29) is 12.5 Å². The van der Waals surface area contributed by atoms with Crippen molar-refractivity contribution >= 4 is 5.91 Å². The van der Waals surface area contributed by atoms with Gasteiger partial charge in [-0.2, -0.15) is 0 Å². The van der Waals surface area contributed by atoms with Gasteiger partial charge >= 0.3 is 0 Å². The SMILES string of the molecule is O=C(CCNC1CC1)N(CCO)C1CCCCC1. The van der Waals surface area contributed by atoms with Crippen molar-refractivity contribution < 1.29 is 9.90 Å². The van der Waals surface area contributed by atoms with E-state index in [1.165, 1.54) is 32.1 Å². The Balaban J connectivity index is 1.76. The minimum atomic E-state index is 0.0816. The molecule has 2 N–H and O–H groups in total. The third kappa shape index (κ3) is 4.25. The van der Waals surface area contributed by atoms with Crippen LogP contribution in [0.15, 0.2) is 0 Å². The molecule has 1 amide bonds. The first kappa shape index (κ1) is 13.8. The fourth-order valence-electron chi connectivity index (χ4n) is 2.83. The molecule has 0 aromatic carbocycles. The zero-order valence-electron chi connectivity index (χ0n) is 11.2. The molecular formula is C14H26N2O2. The molecule has 0 saturated heterocycles. The van der Waals surface area contributed by atoms with Gasteiger partial charge in [-0.15, -0.1) is 0 Å². The van der Waals surface area contributed by atoms with Gasteiger partial charge in [-0.25, -0.2) is 0 Å². The lowest BCUT2D eigenvalue weighted by molar-refractivity contribution is -0.134. The minimum absolute atomic E-state index is 0.0816. The Labute approximate surface area is 110 Å². The van der Waals surface area contributed by atoms with Crippen LogP contribution in [0.5, 0.6) is 0 Å². The predicted octanol–water partition coefficient (Wildman–Crippen LogP) is 1.28. The summed E-state index contributed by atoms with van der Waals surface area (Å²) in [6.07, 6.45) is 9.06. The summed E-state index contributed by atoms with van der Waals surface area (Å²) in [6.45, 7) is 1.38. The average molecular weight is 254 g/mol. The van der Waals surface area contributed by atoms with Gasteiger partial charge in [-0.1, -0.05) is 19.3 Å². The van der Waals surface area contributed by atoms with Gasteiger partial charge in [-0.3, -0.25) is 4.79 Å². The molecule has 0 spiro atoms. The van der Waals surface area contributed by atoms with Crippen LogP contribution >= 0.6 is 0 Å². The maximum Gasteiger partial charge on any atom is 0.224 e. The van der Waals surface area contributed by atoms with Crippen LogP contribution in [0.3, 0.4) is 0 Å². The van der Waals surface area contributed by atoms with Crippen LogP contribution in [-0.2, 0) is 4.79 Å². The summed E-state index contributed by atoms with van der Waals surface area (Å²) in [6, 6.07) is 1.04. The molecule has 0 aliphatic heterocycles. The highest BCUT2D eigenvalue weighted by Crippen LogP contribution is 2.23. The van der Waals surface area contributed by atoms with Crippen LogP contribution in [-0.4, -0.2) is 47.7 Å². The summed E-state index contributed by atoms with van der Waals surface area (Å²) in [5.74, 6) is 0.212. The average Bonchev–Trinajstić information content (AvgIpc) is 3.21. The van der Waals surface area contributed by atoms with Crippen molar-refractivity contribution in [2.24, 2.45) is 0 Å². The standard InChI is InChI=1S/C14H26N2O2/c17-11-10-16(13-4-2-1-3-5-13)14(18)8-9-15-12-6-7-12/h12-13,15,17H,1-11H2. The molecule has 2 rings (SSSR count). The molecule has 104 valence electrons.